The van der Waals surface area contributed by atoms with Gasteiger partial charge in [0.15, 0.2) is 0 Å². The molecule has 0 bridgehead atoms. The summed E-state index contributed by atoms with van der Waals surface area (Å²) in [4.78, 5) is 10.1. The smallest absolute Gasteiger partial charge is 0.269 e. The summed E-state index contributed by atoms with van der Waals surface area (Å²) in [5.41, 5.74) is 2.79. The van der Waals surface area contributed by atoms with Gasteiger partial charge in [-0.1, -0.05) is 23.3 Å². The Hall–Kier alpha value is -2.10. The molecule has 114 valence electrons. The monoisotopic (exact) mass is 289 g/mol. The fourth-order valence-corrected chi connectivity index (χ4v) is 1.84. The van der Waals surface area contributed by atoms with Crippen molar-refractivity contribution in [2.45, 2.75) is 40.0 Å². The molecule has 0 fully saturated rings. The Morgan fingerprint density at radius 1 is 1.14 bits per heavy atom. The van der Waals surface area contributed by atoms with Gasteiger partial charge in [0.2, 0.25) is 0 Å². The van der Waals surface area contributed by atoms with Gasteiger partial charge in [0, 0.05) is 12.1 Å². The quantitative estimate of drug-likeness (QED) is 0.291. The van der Waals surface area contributed by atoms with Gasteiger partial charge in [-0.05, 0) is 52.2 Å². The summed E-state index contributed by atoms with van der Waals surface area (Å²) in [6, 6.07) is 6.17. The Bertz CT molecular complexity index is 511. The Balaban J connectivity index is 2.29. The van der Waals surface area contributed by atoms with Crippen LogP contribution in [0.3, 0.4) is 0 Å². The maximum Gasteiger partial charge on any atom is 0.269 e. The third-order valence-corrected chi connectivity index (χ3v) is 3.02. The van der Waals surface area contributed by atoms with Gasteiger partial charge in [-0.25, -0.2) is 0 Å². The lowest BCUT2D eigenvalue weighted by Gasteiger charge is -2.04. The number of nitro groups is 1. The fraction of sp³-hybridized carbons (Fsp3) is 0.412. The molecule has 0 amide bonds. The highest BCUT2D eigenvalue weighted by Crippen LogP contribution is 2.17. The standard InChI is InChI=1S/C17H23NO3/c1-14(2)6-4-7-15(3)8-5-13-21-17-11-9-16(10-12-17)18(19)20/h6,8-12H,4-5,7,13H2,1-3H3. The predicted molar refractivity (Wildman–Crippen MR) is 85.6 cm³/mol. The molecule has 1 rings (SSSR count). The first-order valence-corrected chi connectivity index (χ1v) is 7.15. The molecule has 0 unspecified atom stereocenters. The summed E-state index contributed by atoms with van der Waals surface area (Å²) in [6.07, 6.45) is 7.42. The topological polar surface area (TPSA) is 52.4 Å². The second-order valence-electron chi connectivity index (χ2n) is 5.26. The highest BCUT2D eigenvalue weighted by Gasteiger charge is 2.03. The van der Waals surface area contributed by atoms with Crippen molar-refractivity contribution in [2.24, 2.45) is 0 Å². The largest absolute Gasteiger partial charge is 0.493 e. The number of nitro benzene ring substituents is 1. The van der Waals surface area contributed by atoms with Crippen molar-refractivity contribution >= 4 is 5.69 Å². The van der Waals surface area contributed by atoms with Crippen LogP contribution in [-0.2, 0) is 0 Å². The SMILES string of the molecule is CC(C)=CCCC(C)=CCCOc1ccc([N+](=O)[O-])cc1. The van der Waals surface area contributed by atoms with Crippen molar-refractivity contribution in [2.75, 3.05) is 6.61 Å². The van der Waals surface area contributed by atoms with Crippen LogP contribution in [-0.4, -0.2) is 11.5 Å². The summed E-state index contributed by atoms with van der Waals surface area (Å²) >= 11 is 0. The van der Waals surface area contributed by atoms with Gasteiger partial charge < -0.3 is 4.74 Å². The first kappa shape index (κ1) is 17.0. The summed E-state index contributed by atoms with van der Waals surface area (Å²) in [7, 11) is 0. The van der Waals surface area contributed by atoms with Crippen molar-refractivity contribution in [1.29, 1.82) is 0 Å². The van der Waals surface area contributed by atoms with Crippen molar-refractivity contribution < 1.29 is 9.66 Å². The summed E-state index contributed by atoms with van der Waals surface area (Å²) in [5.74, 6) is 0.663. The predicted octanol–water partition coefficient (Wildman–Crippen LogP) is 5.06. The van der Waals surface area contributed by atoms with Crippen LogP contribution in [0.1, 0.15) is 40.0 Å². The number of nitrogens with zero attached hydrogens (tertiary/aromatic N) is 1. The molecule has 0 radical (unpaired) electrons. The van der Waals surface area contributed by atoms with Crippen LogP contribution in [0.25, 0.3) is 0 Å². The zero-order valence-corrected chi connectivity index (χ0v) is 13.0. The van der Waals surface area contributed by atoms with E-state index in [4.69, 9.17) is 4.74 Å². The molecule has 0 aromatic heterocycles. The van der Waals surface area contributed by atoms with Gasteiger partial charge in [0.25, 0.3) is 5.69 Å². The number of hydrogen-bond donors (Lipinski definition) is 0. The van der Waals surface area contributed by atoms with Crippen molar-refractivity contribution in [3.8, 4) is 5.75 Å². The first-order chi connectivity index (χ1) is 9.99. The average Bonchev–Trinajstić information content (AvgIpc) is 2.43. The molecule has 0 aliphatic rings. The van der Waals surface area contributed by atoms with Crippen LogP contribution >= 0.6 is 0 Å². The van der Waals surface area contributed by atoms with Crippen LogP contribution in [0.4, 0.5) is 5.69 Å². The molecule has 0 spiro atoms. The summed E-state index contributed by atoms with van der Waals surface area (Å²) in [5, 5.41) is 10.5. The van der Waals surface area contributed by atoms with E-state index >= 15 is 0 Å². The zero-order valence-electron chi connectivity index (χ0n) is 13.0. The van der Waals surface area contributed by atoms with Crippen molar-refractivity contribution in [3.63, 3.8) is 0 Å². The summed E-state index contributed by atoms with van der Waals surface area (Å²) in [6.45, 7) is 6.93. The highest BCUT2D eigenvalue weighted by atomic mass is 16.6. The van der Waals surface area contributed by atoms with Crippen molar-refractivity contribution in [1.82, 2.24) is 0 Å². The number of benzene rings is 1. The minimum Gasteiger partial charge on any atom is -0.493 e. The molecule has 0 aliphatic carbocycles. The van der Waals surface area contributed by atoms with E-state index in [1.165, 1.54) is 23.3 Å². The molecule has 0 saturated heterocycles. The molecule has 0 aliphatic heterocycles. The number of hydrogen-bond acceptors (Lipinski definition) is 3. The van der Waals surface area contributed by atoms with E-state index in [-0.39, 0.29) is 5.69 Å². The Kier molecular flexibility index (Phi) is 7.23. The second-order valence-corrected chi connectivity index (χ2v) is 5.26. The molecule has 21 heavy (non-hydrogen) atoms. The second kappa shape index (κ2) is 8.95. The van der Waals surface area contributed by atoms with Crippen molar-refractivity contribution in [3.05, 3.63) is 57.7 Å². The van der Waals surface area contributed by atoms with Gasteiger partial charge >= 0.3 is 0 Å². The van der Waals surface area contributed by atoms with E-state index < -0.39 is 4.92 Å². The lowest BCUT2D eigenvalue weighted by molar-refractivity contribution is -0.384. The Morgan fingerprint density at radius 3 is 2.38 bits per heavy atom. The van der Waals surface area contributed by atoms with Crippen LogP contribution in [0.2, 0.25) is 0 Å². The zero-order chi connectivity index (χ0) is 15.7. The minimum absolute atomic E-state index is 0.0809. The number of ether oxygens (including phenoxy) is 1. The maximum absolute atomic E-state index is 10.5. The molecule has 0 saturated carbocycles. The molecule has 0 N–H and O–H groups in total. The van der Waals surface area contributed by atoms with E-state index in [1.807, 2.05) is 0 Å². The average molecular weight is 289 g/mol. The van der Waals surface area contributed by atoms with E-state index in [9.17, 15) is 10.1 Å². The normalized spacial score (nSPS) is 11.1. The number of rotatable bonds is 8. The molecule has 1 aromatic carbocycles. The maximum atomic E-state index is 10.5. The molecule has 0 heterocycles. The number of allylic oxidation sites excluding steroid dienone is 3. The van der Waals surface area contributed by atoms with E-state index in [0.717, 1.165) is 19.3 Å². The lowest BCUT2D eigenvalue weighted by atomic mass is 10.1. The van der Waals surface area contributed by atoms with Gasteiger partial charge in [-0.2, -0.15) is 0 Å². The molecular weight excluding hydrogens is 266 g/mol. The van der Waals surface area contributed by atoms with Crippen LogP contribution in [0.15, 0.2) is 47.6 Å². The van der Waals surface area contributed by atoms with E-state index in [2.05, 4.69) is 32.9 Å². The van der Waals surface area contributed by atoms with Gasteiger partial charge in [0.05, 0.1) is 11.5 Å². The lowest BCUT2D eigenvalue weighted by Crippen LogP contribution is -1.96. The van der Waals surface area contributed by atoms with Crippen LogP contribution in [0.5, 0.6) is 5.75 Å². The molecular formula is C17H23NO3. The van der Waals surface area contributed by atoms with Gasteiger partial charge in [0.1, 0.15) is 5.75 Å². The molecule has 4 heteroatoms. The fourth-order valence-electron chi connectivity index (χ4n) is 1.84. The van der Waals surface area contributed by atoms with E-state index in [1.54, 1.807) is 12.1 Å². The van der Waals surface area contributed by atoms with E-state index in [0.29, 0.717) is 12.4 Å². The summed E-state index contributed by atoms with van der Waals surface area (Å²) < 4.78 is 5.55. The highest BCUT2D eigenvalue weighted by molar-refractivity contribution is 5.35. The van der Waals surface area contributed by atoms with Gasteiger partial charge in [-0.3, -0.25) is 10.1 Å². The third-order valence-electron chi connectivity index (χ3n) is 3.02. The van der Waals surface area contributed by atoms with Crippen LogP contribution in [0, 0.1) is 10.1 Å². The molecule has 4 nitrogen and oxygen atoms in total. The first-order valence-electron chi connectivity index (χ1n) is 7.15. The van der Waals surface area contributed by atoms with Crippen LogP contribution < -0.4 is 4.74 Å². The molecule has 1 aromatic rings. The molecule has 0 atom stereocenters. The number of non-ortho nitro benzene ring substituents is 1. The third kappa shape index (κ3) is 7.30. The Morgan fingerprint density at radius 2 is 1.81 bits per heavy atom. The Labute approximate surface area is 126 Å². The van der Waals surface area contributed by atoms with Gasteiger partial charge in [-0.15, -0.1) is 0 Å². The minimum atomic E-state index is -0.414.